The second-order valence-electron chi connectivity index (χ2n) is 8.36. The maximum atomic E-state index is 12.9. The molecule has 0 spiro atoms. The number of likely N-dealkylation sites (tertiary alicyclic amines) is 1. The Morgan fingerprint density at radius 1 is 1.19 bits per heavy atom. The van der Waals surface area contributed by atoms with Gasteiger partial charge in [0.1, 0.15) is 0 Å². The number of hydrogen-bond acceptors (Lipinski definition) is 3. The third kappa shape index (κ3) is 5.31. The zero-order valence-corrected chi connectivity index (χ0v) is 16.6. The van der Waals surface area contributed by atoms with Gasteiger partial charge in [0.15, 0.2) is 0 Å². The highest BCUT2D eigenvalue weighted by Crippen LogP contribution is 2.26. The van der Waals surface area contributed by atoms with Gasteiger partial charge in [-0.1, -0.05) is 51.1 Å². The van der Waals surface area contributed by atoms with E-state index in [-0.39, 0.29) is 17.7 Å². The first-order valence-electron chi connectivity index (χ1n) is 9.48. The molecule has 1 saturated heterocycles. The first kappa shape index (κ1) is 20.9. The number of nitrogens with one attached hydrogen (secondary N) is 1. The Morgan fingerprint density at radius 2 is 1.81 bits per heavy atom. The monoisotopic (exact) mass is 374 g/mol. The largest absolute Gasteiger partial charge is 0.481 e. The molecule has 3 unspecified atom stereocenters. The van der Waals surface area contributed by atoms with Crippen molar-refractivity contribution in [3.05, 3.63) is 35.9 Å². The van der Waals surface area contributed by atoms with E-state index >= 15 is 0 Å². The van der Waals surface area contributed by atoms with Crippen LogP contribution in [0.4, 0.5) is 0 Å². The number of amides is 2. The van der Waals surface area contributed by atoms with Gasteiger partial charge in [-0.05, 0) is 25.3 Å². The highest BCUT2D eigenvalue weighted by Gasteiger charge is 2.35. The van der Waals surface area contributed by atoms with Crippen molar-refractivity contribution in [1.82, 2.24) is 10.2 Å². The van der Waals surface area contributed by atoms with Crippen LogP contribution in [0.2, 0.25) is 0 Å². The minimum Gasteiger partial charge on any atom is -0.481 e. The zero-order chi connectivity index (χ0) is 20.2. The fourth-order valence-corrected chi connectivity index (χ4v) is 3.42. The number of nitrogens with zero attached hydrogens (tertiary/aromatic N) is 1. The summed E-state index contributed by atoms with van der Waals surface area (Å²) in [4.78, 5) is 38.7. The fourth-order valence-electron chi connectivity index (χ4n) is 3.42. The standard InChI is InChI=1S/C21H30N2O4/c1-14(19(25)26)17(15-9-6-5-7-10-15)22-18(24)16-11-8-12-23(13-16)20(27)21(2,3)4/h5-7,9-10,14,16-17H,8,11-13H2,1-4H3,(H,22,24)(H,25,26). The molecular weight excluding hydrogens is 344 g/mol. The van der Waals surface area contributed by atoms with E-state index in [1.807, 2.05) is 51.1 Å². The van der Waals surface area contributed by atoms with E-state index in [0.717, 1.165) is 12.0 Å². The molecule has 0 bridgehead atoms. The van der Waals surface area contributed by atoms with Crippen molar-refractivity contribution in [2.24, 2.45) is 17.3 Å². The minimum absolute atomic E-state index is 0.0403. The molecule has 0 radical (unpaired) electrons. The van der Waals surface area contributed by atoms with Gasteiger partial charge in [0, 0.05) is 18.5 Å². The van der Waals surface area contributed by atoms with Crippen LogP contribution >= 0.6 is 0 Å². The summed E-state index contributed by atoms with van der Waals surface area (Å²) >= 11 is 0. The van der Waals surface area contributed by atoms with Gasteiger partial charge in [-0.3, -0.25) is 14.4 Å². The van der Waals surface area contributed by atoms with E-state index in [1.165, 1.54) is 0 Å². The van der Waals surface area contributed by atoms with Crippen molar-refractivity contribution < 1.29 is 19.5 Å². The lowest BCUT2D eigenvalue weighted by Crippen LogP contribution is -2.49. The van der Waals surface area contributed by atoms with E-state index in [2.05, 4.69) is 5.32 Å². The second kappa shape index (κ2) is 8.55. The number of piperidine rings is 1. The van der Waals surface area contributed by atoms with Crippen molar-refractivity contribution in [2.75, 3.05) is 13.1 Å². The lowest BCUT2D eigenvalue weighted by molar-refractivity contribution is -0.143. The average Bonchev–Trinajstić information content (AvgIpc) is 2.64. The highest BCUT2D eigenvalue weighted by molar-refractivity contribution is 5.84. The van der Waals surface area contributed by atoms with Gasteiger partial charge in [-0.2, -0.15) is 0 Å². The van der Waals surface area contributed by atoms with Gasteiger partial charge in [0.05, 0.1) is 17.9 Å². The van der Waals surface area contributed by atoms with Gasteiger partial charge in [-0.25, -0.2) is 0 Å². The number of benzene rings is 1. The third-order valence-corrected chi connectivity index (χ3v) is 5.07. The van der Waals surface area contributed by atoms with Crippen molar-refractivity contribution >= 4 is 17.8 Å². The Balaban J connectivity index is 2.12. The fraction of sp³-hybridized carbons (Fsp3) is 0.571. The normalized spacial score (nSPS) is 19.9. The number of aliphatic carboxylic acids is 1. The molecule has 1 aliphatic heterocycles. The van der Waals surface area contributed by atoms with E-state index < -0.39 is 23.3 Å². The average molecular weight is 374 g/mol. The van der Waals surface area contributed by atoms with Crippen LogP contribution in [-0.4, -0.2) is 40.9 Å². The predicted octanol–water partition coefficient (Wildman–Crippen LogP) is 2.85. The summed E-state index contributed by atoms with van der Waals surface area (Å²) in [6.45, 7) is 8.26. The summed E-state index contributed by atoms with van der Waals surface area (Å²) < 4.78 is 0. The summed E-state index contributed by atoms with van der Waals surface area (Å²) in [5.41, 5.74) is 0.280. The second-order valence-corrected chi connectivity index (χ2v) is 8.36. The molecule has 6 nitrogen and oxygen atoms in total. The van der Waals surface area contributed by atoms with Crippen molar-refractivity contribution in [2.45, 2.75) is 46.6 Å². The Morgan fingerprint density at radius 3 is 2.37 bits per heavy atom. The van der Waals surface area contributed by atoms with Gasteiger partial charge in [0.2, 0.25) is 11.8 Å². The predicted molar refractivity (Wildman–Crippen MR) is 103 cm³/mol. The summed E-state index contributed by atoms with van der Waals surface area (Å²) in [5, 5.41) is 12.4. The number of carbonyl (C=O) groups is 3. The molecule has 148 valence electrons. The number of rotatable bonds is 5. The maximum absolute atomic E-state index is 12.9. The van der Waals surface area contributed by atoms with Gasteiger partial charge >= 0.3 is 5.97 Å². The smallest absolute Gasteiger partial charge is 0.308 e. The molecule has 0 aromatic heterocycles. The van der Waals surface area contributed by atoms with Crippen LogP contribution in [0.1, 0.15) is 52.1 Å². The molecule has 2 N–H and O–H groups in total. The summed E-state index contributed by atoms with van der Waals surface area (Å²) in [6.07, 6.45) is 1.47. The van der Waals surface area contributed by atoms with E-state index in [4.69, 9.17) is 0 Å². The van der Waals surface area contributed by atoms with Crippen LogP contribution in [0.3, 0.4) is 0 Å². The molecular formula is C21H30N2O4. The molecule has 1 heterocycles. The highest BCUT2D eigenvalue weighted by atomic mass is 16.4. The van der Waals surface area contributed by atoms with Crippen molar-refractivity contribution in [3.8, 4) is 0 Å². The summed E-state index contributed by atoms with van der Waals surface area (Å²) in [7, 11) is 0. The molecule has 0 aliphatic carbocycles. The van der Waals surface area contributed by atoms with Gasteiger partial charge in [-0.15, -0.1) is 0 Å². The molecule has 1 aliphatic rings. The Bertz CT molecular complexity index is 681. The number of carbonyl (C=O) groups excluding carboxylic acids is 2. The molecule has 1 aromatic carbocycles. The van der Waals surface area contributed by atoms with Crippen LogP contribution in [0, 0.1) is 17.3 Å². The number of hydrogen-bond donors (Lipinski definition) is 2. The van der Waals surface area contributed by atoms with Crippen molar-refractivity contribution in [1.29, 1.82) is 0 Å². The Kier molecular flexibility index (Phi) is 6.63. The minimum atomic E-state index is -0.961. The lowest BCUT2D eigenvalue weighted by Gasteiger charge is -2.36. The third-order valence-electron chi connectivity index (χ3n) is 5.07. The molecule has 1 aromatic rings. The Hall–Kier alpha value is -2.37. The van der Waals surface area contributed by atoms with Crippen LogP contribution in [0.25, 0.3) is 0 Å². The molecule has 2 amide bonds. The molecule has 2 rings (SSSR count). The zero-order valence-electron chi connectivity index (χ0n) is 16.6. The molecule has 1 fully saturated rings. The van der Waals surface area contributed by atoms with E-state index in [9.17, 15) is 19.5 Å². The van der Waals surface area contributed by atoms with E-state index in [1.54, 1.807) is 11.8 Å². The first-order chi connectivity index (χ1) is 12.6. The maximum Gasteiger partial charge on any atom is 0.308 e. The van der Waals surface area contributed by atoms with Crippen molar-refractivity contribution in [3.63, 3.8) is 0 Å². The van der Waals surface area contributed by atoms with Crippen LogP contribution in [0.15, 0.2) is 30.3 Å². The van der Waals surface area contributed by atoms with E-state index in [0.29, 0.717) is 19.5 Å². The number of carboxylic acids is 1. The quantitative estimate of drug-likeness (QED) is 0.830. The topological polar surface area (TPSA) is 86.7 Å². The molecule has 0 saturated carbocycles. The Labute approximate surface area is 160 Å². The van der Waals surface area contributed by atoms with Gasteiger partial charge in [0.25, 0.3) is 0 Å². The molecule has 3 atom stereocenters. The van der Waals surface area contributed by atoms with Crippen LogP contribution in [-0.2, 0) is 14.4 Å². The molecule has 6 heteroatoms. The summed E-state index contributed by atoms with van der Waals surface area (Å²) in [5.74, 6) is -2.19. The molecule has 27 heavy (non-hydrogen) atoms. The summed E-state index contributed by atoms with van der Waals surface area (Å²) in [6, 6.07) is 8.54. The van der Waals surface area contributed by atoms with Crippen LogP contribution < -0.4 is 5.32 Å². The SMILES string of the molecule is CC(C(=O)O)C(NC(=O)C1CCCN(C(=O)C(C)(C)C)C1)c1ccccc1. The van der Waals surface area contributed by atoms with Crippen LogP contribution in [0.5, 0.6) is 0 Å². The number of carboxylic acid groups (broad SMARTS) is 1. The lowest BCUT2D eigenvalue weighted by atomic mass is 9.89. The first-order valence-corrected chi connectivity index (χ1v) is 9.48. The van der Waals surface area contributed by atoms with Gasteiger partial charge < -0.3 is 15.3 Å².